The van der Waals surface area contributed by atoms with Gasteiger partial charge in [0, 0.05) is 14.5 Å². The lowest BCUT2D eigenvalue weighted by Gasteiger charge is -2.08. The van der Waals surface area contributed by atoms with Crippen LogP contribution >= 0.6 is 31.9 Å². The third-order valence-corrected chi connectivity index (χ3v) is 3.87. The fraction of sp³-hybridized carbons (Fsp3) is 0.0667. The lowest BCUT2D eigenvalue weighted by Crippen LogP contribution is -2.13. The first-order chi connectivity index (χ1) is 10.0. The van der Waals surface area contributed by atoms with Crippen LogP contribution in [0.5, 0.6) is 0 Å². The molecule has 0 bridgehead atoms. The van der Waals surface area contributed by atoms with E-state index >= 15 is 0 Å². The van der Waals surface area contributed by atoms with Crippen LogP contribution < -0.4 is 5.32 Å². The quantitative estimate of drug-likeness (QED) is 0.766. The number of nitrogens with one attached hydrogen (secondary N) is 1. The van der Waals surface area contributed by atoms with Gasteiger partial charge in [-0.3, -0.25) is 4.79 Å². The number of rotatable bonds is 3. The minimum Gasteiger partial charge on any atom is -0.465 e. The molecule has 0 atom stereocenters. The largest absolute Gasteiger partial charge is 0.465 e. The summed E-state index contributed by atoms with van der Waals surface area (Å²) >= 11 is 6.72. The van der Waals surface area contributed by atoms with Crippen LogP contribution in [0.15, 0.2) is 51.4 Å². The molecule has 0 heterocycles. The molecule has 0 aliphatic carbocycles. The van der Waals surface area contributed by atoms with Gasteiger partial charge in [-0.2, -0.15) is 0 Å². The molecule has 0 spiro atoms. The van der Waals surface area contributed by atoms with Gasteiger partial charge in [-0.05, 0) is 52.3 Å². The Morgan fingerprint density at radius 2 is 1.76 bits per heavy atom. The predicted molar refractivity (Wildman–Crippen MR) is 87.6 cm³/mol. The minimum atomic E-state index is -0.477. The Hall–Kier alpha value is -1.66. The van der Waals surface area contributed by atoms with Crippen molar-refractivity contribution in [1.29, 1.82) is 0 Å². The number of hydrogen-bond donors (Lipinski definition) is 1. The van der Waals surface area contributed by atoms with Crippen molar-refractivity contribution in [2.24, 2.45) is 0 Å². The number of carbonyl (C=O) groups is 2. The van der Waals surface area contributed by atoms with Crippen molar-refractivity contribution in [3.8, 4) is 0 Å². The Morgan fingerprint density at radius 1 is 1.05 bits per heavy atom. The minimum absolute atomic E-state index is 0.302. The summed E-state index contributed by atoms with van der Waals surface area (Å²) < 4.78 is 6.30. The summed E-state index contributed by atoms with van der Waals surface area (Å²) in [5.74, 6) is -0.779. The summed E-state index contributed by atoms with van der Waals surface area (Å²) in [4.78, 5) is 23.7. The van der Waals surface area contributed by atoms with E-state index in [1.807, 2.05) is 12.1 Å². The molecule has 0 radical (unpaired) electrons. The Kier molecular flexibility index (Phi) is 5.14. The zero-order valence-corrected chi connectivity index (χ0v) is 14.2. The molecule has 0 saturated carbocycles. The van der Waals surface area contributed by atoms with Gasteiger partial charge >= 0.3 is 5.97 Å². The molecule has 2 aromatic rings. The Morgan fingerprint density at radius 3 is 2.43 bits per heavy atom. The van der Waals surface area contributed by atoms with Gasteiger partial charge < -0.3 is 10.1 Å². The highest BCUT2D eigenvalue weighted by molar-refractivity contribution is 9.11. The van der Waals surface area contributed by atoms with E-state index in [4.69, 9.17) is 0 Å². The highest BCUT2D eigenvalue weighted by Crippen LogP contribution is 2.26. The average Bonchev–Trinajstić information content (AvgIpc) is 2.49. The summed E-state index contributed by atoms with van der Waals surface area (Å²) in [6, 6.07) is 11.8. The van der Waals surface area contributed by atoms with Crippen molar-refractivity contribution in [1.82, 2.24) is 0 Å². The van der Waals surface area contributed by atoms with Crippen LogP contribution in [0, 0.1) is 0 Å². The van der Waals surface area contributed by atoms with Gasteiger partial charge in [-0.1, -0.05) is 22.0 Å². The number of esters is 1. The summed E-state index contributed by atoms with van der Waals surface area (Å²) in [6.45, 7) is 0. The second-order valence-electron chi connectivity index (χ2n) is 4.15. The van der Waals surface area contributed by atoms with Crippen LogP contribution in [0.1, 0.15) is 20.7 Å². The van der Waals surface area contributed by atoms with Crippen LogP contribution in [0.25, 0.3) is 0 Å². The van der Waals surface area contributed by atoms with Gasteiger partial charge in [0.15, 0.2) is 0 Å². The van der Waals surface area contributed by atoms with Gasteiger partial charge in [-0.25, -0.2) is 4.79 Å². The van der Waals surface area contributed by atoms with Crippen molar-refractivity contribution >= 4 is 49.4 Å². The molecule has 2 rings (SSSR count). The molecule has 0 aliphatic heterocycles. The van der Waals surface area contributed by atoms with E-state index in [1.54, 1.807) is 24.3 Å². The lowest BCUT2D eigenvalue weighted by molar-refractivity contribution is 0.0600. The molecule has 6 heteroatoms. The third-order valence-electron chi connectivity index (χ3n) is 2.73. The number of benzene rings is 2. The first-order valence-electron chi connectivity index (χ1n) is 5.96. The van der Waals surface area contributed by atoms with Gasteiger partial charge in [0.2, 0.25) is 0 Å². The predicted octanol–water partition coefficient (Wildman–Crippen LogP) is 4.25. The average molecular weight is 413 g/mol. The summed E-state index contributed by atoms with van der Waals surface area (Å²) in [7, 11) is 1.30. The smallest absolute Gasteiger partial charge is 0.337 e. The fourth-order valence-electron chi connectivity index (χ4n) is 1.69. The maximum atomic E-state index is 12.2. The lowest BCUT2D eigenvalue weighted by atomic mass is 10.1. The Balaban J connectivity index is 2.22. The van der Waals surface area contributed by atoms with Crippen molar-refractivity contribution in [3.63, 3.8) is 0 Å². The van der Waals surface area contributed by atoms with E-state index < -0.39 is 5.97 Å². The molecule has 4 nitrogen and oxygen atoms in total. The second-order valence-corrected chi connectivity index (χ2v) is 5.92. The molecule has 21 heavy (non-hydrogen) atoms. The van der Waals surface area contributed by atoms with E-state index in [2.05, 4.69) is 41.9 Å². The molecule has 1 N–H and O–H groups in total. The van der Waals surface area contributed by atoms with E-state index in [9.17, 15) is 9.59 Å². The zero-order chi connectivity index (χ0) is 15.4. The normalized spacial score (nSPS) is 10.0. The zero-order valence-electron chi connectivity index (χ0n) is 11.0. The van der Waals surface area contributed by atoms with Crippen molar-refractivity contribution in [2.45, 2.75) is 0 Å². The Labute approximate surface area is 138 Å². The Bertz CT molecular complexity index is 701. The molecule has 0 fully saturated rings. The monoisotopic (exact) mass is 411 g/mol. The van der Waals surface area contributed by atoms with E-state index in [1.165, 1.54) is 13.2 Å². The van der Waals surface area contributed by atoms with Crippen LogP contribution in [-0.2, 0) is 4.74 Å². The van der Waals surface area contributed by atoms with Crippen LogP contribution in [0.3, 0.4) is 0 Å². The molecular weight excluding hydrogens is 402 g/mol. The van der Waals surface area contributed by atoms with E-state index in [0.717, 1.165) is 8.95 Å². The van der Waals surface area contributed by atoms with Crippen molar-refractivity contribution in [2.75, 3.05) is 12.4 Å². The first-order valence-corrected chi connectivity index (χ1v) is 7.54. The maximum absolute atomic E-state index is 12.2. The van der Waals surface area contributed by atoms with E-state index in [0.29, 0.717) is 16.8 Å². The molecule has 0 unspecified atom stereocenters. The van der Waals surface area contributed by atoms with Gasteiger partial charge in [-0.15, -0.1) is 0 Å². The number of amides is 1. The van der Waals surface area contributed by atoms with Gasteiger partial charge in [0.25, 0.3) is 5.91 Å². The third kappa shape index (κ3) is 3.92. The van der Waals surface area contributed by atoms with E-state index in [-0.39, 0.29) is 5.91 Å². The molecule has 2 aromatic carbocycles. The number of halogens is 2. The molecule has 0 aliphatic rings. The van der Waals surface area contributed by atoms with Crippen LogP contribution in [-0.4, -0.2) is 19.0 Å². The van der Waals surface area contributed by atoms with Crippen LogP contribution in [0.2, 0.25) is 0 Å². The van der Waals surface area contributed by atoms with Crippen LogP contribution in [0.4, 0.5) is 5.69 Å². The first kappa shape index (κ1) is 15.7. The number of ether oxygens (including phenoxy) is 1. The van der Waals surface area contributed by atoms with Gasteiger partial charge in [0.1, 0.15) is 0 Å². The molecule has 0 aromatic heterocycles. The second kappa shape index (κ2) is 6.87. The number of anilines is 1. The molecule has 1 amide bonds. The fourth-order valence-corrected chi connectivity index (χ4v) is 2.84. The number of methoxy groups -OCH3 is 1. The highest BCUT2D eigenvalue weighted by atomic mass is 79.9. The standard InChI is InChI=1S/C15H11Br2NO3/c1-21-15(20)10-4-2-3-9(7-10)14(19)18-13-6-5-11(16)8-12(13)17/h2-8H,1H3,(H,18,19). The highest BCUT2D eigenvalue weighted by Gasteiger charge is 2.12. The number of hydrogen-bond acceptors (Lipinski definition) is 3. The topological polar surface area (TPSA) is 55.4 Å². The van der Waals surface area contributed by atoms with Gasteiger partial charge in [0.05, 0.1) is 18.4 Å². The molecule has 0 saturated heterocycles. The number of carbonyl (C=O) groups excluding carboxylic acids is 2. The van der Waals surface area contributed by atoms with Crippen molar-refractivity contribution in [3.05, 3.63) is 62.5 Å². The van der Waals surface area contributed by atoms with Crippen molar-refractivity contribution < 1.29 is 14.3 Å². The summed E-state index contributed by atoms with van der Waals surface area (Å²) in [5.41, 5.74) is 1.36. The summed E-state index contributed by atoms with van der Waals surface area (Å²) in [5, 5.41) is 2.78. The SMILES string of the molecule is COC(=O)c1cccc(C(=O)Nc2ccc(Br)cc2Br)c1. The molecular formula is C15H11Br2NO3. The molecule has 108 valence electrons. The maximum Gasteiger partial charge on any atom is 0.337 e. The summed E-state index contributed by atoms with van der Waals surface area (Å²) in [6.07, 6.45) is 0.